The van der Waals surface area contributed by atoms with Crippen molar-refractivity contribution < 1.29 is 9.72 Å². The Labute approximate surface area is 155 Å². The summed E-state index contributed by atoms with van der Waals surface area (Å²) < 4.78 is 1.46. The summed E-state index contributed by atoms with van der Waals surface area (Å²) in [7, 11) is 0. The van der Waals surface area contributed by atoms with Crippen LogP contribution in [-0.4, -0.2) is 20.2 Å². The van der Waals surface area contributed by atoms with Crippen LogP contribution >= 0.6 is 11.3 Å². The maximum absolute atomic E-state index is 12.7. The number of non-ortho nitro benzene ring substituents is 1. The van der Waals surface area contributed by atoms with Crippen LogP contribution in [0.1, 0.15) is 15.2 Å². The molecule has 0 aliphatic heterocycles. The van der Waals surface area contributed by atoms with Crippen LogP contribution in [0.2, 0.25) is 0 Å². The van der Waals surface area contributed by atoms with Gasteiger partial charge >= 0.3 is 0 Å². The molecule has 1 aromatic carbocycles. The van der Waals surface area contributed by atoms with E-state index in [0.29, 0.717) is 26.4 Å². The number of thiophene rings is 1. The fourth-order valence-electron chi connectivity index (χ4n) is 2.73. The van der Waals surface area contributed by atoms with Crippen LogP contribution in [0.3, 0.4) is 0 Å². The van der Waals surface area contributed by atoms with E-state index in [1.165, 1.54) is 34.7 Å². The van der Waals surface area contributed by atoms with Crippen molar-refractivity contribution in [2.24, 2.45) is 0 Å². The third kappa shape index (κ3) is 2.93. The number of nitro benzene ring substituents is 1. The van der Waals surface area contributed by atoms with E-state index in [2.05, 4.69) is 10.3 Å². The first kappa shape index (κ1) is 16.9. The molecule has 0 spiro atoms. The number of amides is 1. The van der Waals surface area contributed by atoms with Gasteiger partial charge in [0.05, 0.1) is 15.2 Å². The van der Waals surface area contributed by atoms with Gasteiger partial charge in [-0.1, -0.05) is 6.07 Å². The number of nitrogens with one attached hydrogen (secondary N) is 1. The minimum Gasteiger partial charge on any atom is -0.321 e. The largest absolute Gasteiger partial charge is 0.321 e. The van der Waals surface area contributed by atoms with Crippen molar-refractivity contribution in [2.45, 2.75) is 6.92 Å². The van der Waals surface area contributed by atoms with Gasteiger partial charge in [0.1, 0.15) is 10.5 Å². The molecule has 0 aliphatic carbocycles. The van der Waals surface area contributed by atoms with Crippen molar-refractivity contribution in [1.29, 1.82) is 0 Å². The van der Waals surface area contributed by atoms with Gasteiger partial charge in [0, 0.05) is 24.0 Å². The molecule has 9 heteroatoms. The van der Waals surface area contributed by atoms with Crippen LogP contribution in [-0.2, 0) is 0 Å². The molecule has 4 rings (SSSR count). The number of rotatable bonds is 3. The van der Waals surface area contributed by atoms with E-state index < -0.39 is 10.8 Å². The molecule has 0 saturated carbocycles. The molecule has 27 heavy (non-hydrogen) atoms. The highest BCUT2D eigenvalue weighted by Gasteiger charge is 2.16. The summed E-state index contributed by atoms with van der Waals surface area (Å²) in [5, 5.41) is 13.7. The zero-order valence-electron chi connectivity index (χ0n) is 14.0. The number of nitrogens with zero attached hydrogens (tertiary/aromatic N) is 3. The van der Waals surface area contributed by atoms with Crippen molar-refractivity contribution in [1.82, 2.24) is 9.38 Å². The zero-order valence-corrected chi connectivity index (χ0v) is 14.8. The van der Waals surface area contributed by atoms with Crippen LogP contribution in [0, 0.1) is 17.0 Å². The number of carbonyl (C=O) groups excluding carboxylic acids is 1. The molecular weight excluding hydrogens is 368 g/mol. The van der Waals surface area contributed by atoms with Gasteiger partial charge in [-0.15, -0.1) is 11.3 Å². The number of aryl methyl sites for hydroxylation is 1. The molecule has 0 aliphatic rings. The normalized spacial score (nSPS) is 11.0. The Morgan fingerprint density at radius 1 is 1.26 bits per heavy atom. The number of nitro groups is 1. The van der Waals surface area contributed by atoms with E-state index >= 15 is 0 Å². The topological polar surface area (TPSA) is 107 Å². The molecule has 0 radical (unpaired) electrons. The first-order valence-electron chi connectivity index (χ1n) is 7.91. The molecule has 8 nitrogen and oxygen atoms in total. The molecule has 3 heterocycles. The second-order valence-electron chi connectivity index (χ2n) is 5.89. The van der Waals surface area contributed by atoms with Crippen molar-refractivity contribution in [3.05, 3.63) is 79.6 Å². The Morgan fingerprint density at radius 3 is 2.70 bits per heavy atom. The second kappa shape index (κ2) is 6.29. The van der Waals surface area contributed by atoms with Crippen LogP contribution < -0.4 is 10.9 Å². The monoisotopic (exact) mass is 380 g/mol. The summed E-state index contributed by atoms with van der Waals surface area (Å²) in [6, 6.07) is 10.7. The molecule has 134 valence electrons. The predicted octanol–water partition coefficient (Wildman–Crippen LogP) is 3.38. The smallest absolute Gasteiger partial charge is 0.269 e. The average Bonchev–Trinajstić information content (AvgIpc) is 3.08. The van der Waals surface area contributed by atoms with Crippen molar-refractivity contribution in [3.63, 3.8) is 0 Å². The molecule has 4 aromatic rings. The fourth-order valence-corrected chi connectivity index (χ4v) is 3.65. The van der Waals surface area contributed by atoms with Gasteiger partial charge in [0.25, 0.3) is 17.2 Å². The number of anilines is 1. The number of benzene rings is 1. The summed E-state index contributed by atoms with van der Waals surface area (Å²) >= 11 is 1.13. The van der Waals surface area contributed by atoms with E-state index in [4.69, 9.17) is 0 Å². The van der Waals surface area contributed by atoms with Crippen molar-refractivity contribution in [3.8, 4) is 0 Å². The number of pyridine rings is 1. The van der Waals surface area contributed by atoms with Crippen molar-refractivity contribution >= 4 is 44.5 Å². The molecule has 0 unspecified atom stereocenters. The van der Waals surface area contributed by atoms with Crippen LogP contribution in [0.25, 0.3) is 15.9 Å². The number of carbonyl (C=O) groups is 1. The minimum absolute atomic E-state index is 0.0610. The Balaban J connectivity index is 1.71. The maximum Gasteiger partial charge on any atom is 0.269 e. The maximum atomic E-state index is 12.7. The molecule has 1 amide bonds. The SMILES string of the molecule is Cc1cccn2c(=O)c3cc(C(=O)Nc4ccc([N+](=O)[O-])cc4)sc3nc12. The van der Waals surface area contributed by atoms with Gasteiger partial charge in [-0.3, -0.25) is 24.1 Å². The standard InChI is InChI=1S/C18H12N4O4S/c1-10-3-2-8-21-15(10)20-17-13(18(21)24)9-14(27-17)16(23)19-11-4-6-12(7-5-11)22(25)26/h2-9H,1H3,(H,19,23). The summed E-state index contributed by atoms with van der Waals surface area (Å²) in [4.78, 5) is 40.7. The molecule has 0 saturated heterocycles. The fraction of sp³-hybridized carbons (Fsp3) is 0.0556. The lowest BCUT2D eigenvalue weighted by Gasteiger charge is -2.02. The van der Waals surface area contributed by atoms with Gasteiger partial charge in [-0.2, -0.15) is 0 Å². The zero-order chi connectivity index (χ0) is 19.1. The molecule has 1 N–H and O–H groups in total. The second-order valence-corrected chi connectivity index (χ2v) is 6.92. The predicted molar refractivity (Wildman–Crippen MR) is 103 cm³/mol. The quantitative estimate of drug-likeness (QED) is 0.433. The minimum atomic E-state index is -0.511. The molecule has 0 fully saturated rings. The summed E-state index contributed by atoms with van der Waals surface area (Å²) in [5.41, 5.74) is 1.55. The van der Waals surface area contributed by atoms with Gasteiger partial charge in [-0.05, 0) is 36.8 Å². The van der Waals surface area contributed by atoms with E-state index in [1.54, 1.807) is 12.3 Å². The Bertz CT molecular complexity index is 1270. The van der Waals surface area contributed by atoms with Crippen LogP contribution in [0.15, 0.2) is 53.5 Å². The third-order valence-electron chi connectivity index (χ3n) is 4.09. The van der Waals surface area contributed by atoms with Gasteiger partial charge in [0.15, 0.2) is 0 Å². The number of aromatic nitrogens is 2. The lowest BCUT2D eigenvalue weighted by molar-refractivity contribution is -0.384. The van der Waals surface area contributed by atoms with Gasteiger partial charge in [-0.25, -0.2) is 4.98 Å². The average molecular weight is 380 g/mol. The Kier molecular flexibility index (Phi) is 3.93. The lowest BCUT2D eigenvalue weighted by atomic mass is 10.2. The van der Waals surface area contributed by atoms with Crippen LogP contribution in [0.4, 0.5) is 11.4 Å². The highest BCUT2D eigenvalue weighted by molar-refractivity contribution is 7.20. The highest BCUT2D eigenvalue weighted by atomic mass is 32.1. The van der Waals surface area contributed by atoms with E-state index in [1.807, 2.05) is 13.0 Å². The number of hydrogen-bond donors (Lipinski definition) is 1. The van der Waals surface area contributed by atoms with Crippen LogP contribution in [0.5, 0.6) is 0 Å². The summed E-state index contributed by atoms with van der Waals surface area (Å²) in [5.74, 6) is -0.406. The van der Waals surface area contributed by atoms with E-state index in [-0.39, 0.29) is 11.2 Å². The van der Waals surface area contributed by atoms with E-state index in [0.717, 1.165) is 16.9 Å². The molecule has 0 bridgehead atoms. The molecular formula is C18H12N4O4S. The van der Waals surface area contributed by atoms with Gasteiger partial charge in [0.2, 0.25) is 0 Å². The lowest BCUT2D eigenvalue weighted by Crippen LogP contribution is -2.14. The molecule has 0 atom stereocenters. The first-order valence-corrected chi connectivity index (χ1v) is 8.73. The number of fused-ring (bicyclic) bond motifs is 2. The van der Waals surface area contributed by atoms with Crippen molar-refractivity contribution in [2.75, 3.05) is 5.32 Å². The highest BCUT2D eigenvalue weighted by Crippen LogP contribution is 2.24. The number of hydrogen-bond acceptors (Lipinski definition) is 6. The van der Waals surface area contributed by atoms with E-state index in [9.17, 15) is 19.7 Å². The first-order chi connectivity index (χ1) is 12.9. The Morgan fingerprint density at radius 2 is 2.00 bits per heavy atom. The Hall–Kier alpha value is -3.59. The summed E-state index contributed by atoms with van der Waals surface area (Å²) in [6.45, 7) is 1.86. The van der Waals surface area contributed by atoms with Gasteiger partial charge < -0.3 is 5.32 Å². The third-order valence-corrected chi connectivity index (χ3v) is 5.12. The summed E-state index contributed by atoms with van der Waals surface area (Å²) in [6.07, 6.45) is 1.64. The molecule has 3 aromatic heterocycles.